The average molecular weight is 447 g/mol. The van der Waals surface area contributed by atoms with Crippen LogP contribution >= 0.6 is 51.6 Å². The molecule has 0 amide bonds. The van der Waals surface area contributed by atoms with Gasteiger partial charge in [-0.2, -0.15) is 0 Å². The topological polar surface area (TPSA) is 36.9 Å². The Kier molecular flexibility index (Phi) is 5.63. The van der Waals surface area contributed by atoms with Gasteiger partial charge < -0.3 is 16.7 Å². The molecule has 0 radical (unpaired) electrons. The van der Waals surface area contributed by atoms with E-state index in [1.807, 2.05) is 60.7 Å². The molecule has 28 heavy (non-hydrogen) atoms. The molecule has 4 aromatic carbocycles. The first-order valence-electron chi connectivity index (χ1n) is 8.10. The Morgan fingerprint density at radius 3 is 1.96 bits per heavy atom. The van der Waals surface area contributed by atoms with Crippen LogP contribution in [0.1, 0.15) is 0 Å². The maximum absolute atomic E-state index is 5.50. The fraction of sp³-hybridized carbons (Fsp3) is 0. The van der Waals surface area contributed by atoms with Crippen molar-refractivity contribution >= 4 is 73.2 Å². The number of fused-ring (bicyclic) bond motifs is 2. The lowest BCUT2D eigenvalue weighted by atomic mass is 9.93. The zero-order valence-corrected chi connectivity index (χ0v) is 17.8. The van der Waals surface area contributed by atoms with Gasteiger partial charge in [-0.15, -0.1) is 0 Å². The predicted molar refractivity (Wildman–Crippen MR) is 125 cm³/mol. The van der Waals surface area contributed by atoms with Crippen molar-refractivity contribution in [3.63, 3.8) is 0 Å². The summed E-state index contributed by atoms with van der Waals surface area (Å²) in [6.45, 7) is 0. The summed E-state index contributed by atoms with van der Waals surface area (Å²) < 4.78 is 21.3. The molecule has 0 atom stereocenters. The first kappa shape index (κ1) is 19.3. The molecule has 4 nitrogen and oxygen atoms in total. The number of benzene rings is 4. The molecule has 0 aliphatic rings. The third kappa shape index (κ3) is 3.20. The molecular weight excluding hydrogens is 432 g/mol. The van der Waals surface area contributed by atoms with Crippen LogP contribution in [0.25, 0.3) is 32.7 Å². The van der Waals surface area contributed by atoms with Gasteiger partial charge in [-0.05, 0) is 35.0 Å². The molecular formula is C20H14O4S4. The summed E-state index contributed by atoms with van der Waals surface area (Å²) in [5.41, 5.74) is 1.46. The molecule has 0 saturated carbocycles. The predicted octanol–water partition coefficient (Wildman–Crippen LogP) is 6.55. The van der Waals surface area contributed by atoms with Gasteiger partial charge in [0.15, 0.2) is 5.75 Å². The molecule has 0 aliphatic heterocycles. The van der Waals surface area contributed by atoms with Crippen molar-refractivity contribution in [2.75, 3.05) is 0 Å². The van der Waals surface area contributed by atoms with E-state index in [1.54, 1.807) is 0 Å². The highest BCUT2D eigenvalue weighted by atomic mass is 32.1. The molecule has 4 aromatic rings. The van der Waals surface area contributed by atoms with Gasteiger partial charge in [0.05, 0.1) is 0 Å². The Morgan fingerprint density at radius 1 is 0.571 bits per heavy atom. The van der Waals surface area contributed by atoms with Crippen molar-refractivity contribution in [2.24, 2.45) is 0 Å². The summed E-state index contributed by atoms with van der Waals surface area (Å²) in [5, 5.41) is 3.51. The maximum Gasteiger partial charge on any atom is 0.153 e. The van der Waals surface area contributed by atoms with Gasteiger partial charge in [-0.3, -0.25) is 0 Å². The van der Waals surface area contributed by atoms with Crippen molar-refractivity contribution in [2.45, 2.75) is 0 Å². The minimum absolute atomic E-state index is 0.541. The highest BCUT2D eigenvalue weighted by Crippen LogP contribution is 2.48. The van der Waals surface area contributed by atoms with Gasteiger partial charge in [-0.25, -0.2) is 0 Å². The van der Waals surface area contributed by atoms with Crippen LogP contribution in [0.2, 0.25) is 0 Å². The number of hydrogen-bond donors (Lipinski definition) is 4. The van der Waals surface area contributed by atoms with E-state index in [9.17, 15) is 0 Å². The summed E-state index contributed by atoms with van der Waals surface area (Å²) >= 11 is 16.1. The molecule has 0 bridgehead atoms. The number of rotatable bonds is 5. The molecule has 0 heterocycles. The van der Waals surface area contributed by atoms with Crippen LogP contribution in [-0.4, -0.2) is 0 Å². The molecule has 142 valence electrons. The van der Waals surface area contributed by atoms with Crippen LogP contribution in [0.3, 0.4) is 0 Å². The Hall–Kier alpha value is -2.00. The third-order valence-electron chi connectivity index (χ3n) is 4.57. The zero-order chi connectivity index (χ0) is 19.7. The van der Waals surface area contributed by atoms with Crippen LogP contribution in [-0.2, 0) is 0 Å². The monoisotopic (exact) mass is 446 g/mol. The zero-order valence-electron chi connectivity index (χ0n) is 14.2. The molecule has 4 rings (SSSR count). The molecule has 8 heteroatoms. The summed E-state index contributed by atoms with van der Waals surface area (Å²) in [6.07, 6.45) is 0. The lowest BCUT2D eigenvalue weighted by molar-refractivity contribution is 0.648. The number of thiol groups is 4. The van der Waals surface area contributed by atoms with Gasteiger partial charge in [0, 0.05) is 73.5 Å². The minimum Gasteiger partial charge on any atom is -0.429 e. The lowest BCUT2D eigenvalue weighted by Gasteiger charge is -2.17. The molecule has 0 N–H and O–H groups in total. The first-order valence-corrected chi connectivity index (χ1v) is 9.56. The van der Waals surface area contributed by atoms with E-state index in [-0.39, 0.29) is 0 Å². The van der Waals surface area contributed by atoms with Gasteiger partial charge >= 0.3 is 0 Å². The van der Waals surface area contributed by atoms with Crippen molar-refractivity contribution in [3.8, 4) is 34.1 Å². The van der Waals surface area contributed by atoms with Crippen LogP contribution < -0.4 is 16.7 Å². The van der Waals surface area contributed by atoms with Crippen LogP contribution in [0, 0.1) is 0 Å². The highest BCUT2D eigenvalue weighted by Gasteiger charge is 2.21. The van der Waals surface area contributed by atoms with Gasteiger partial charge in [0.25, 0.3) is 0 Å². The number of hydrogen-bond acceptors (Lipinski definition) is 8. The molecule has 0 saturated heterocycles. The molecule has 0 fully saturated rings. The first-order chi connectivity index (χ1) is 13.7. The standard InChI is InChI=1S/C20H14O4S4/c25-21-12-7-5-11-6-8-17(22-26)19(15(11)9-12)16-10-18(23-27)13-3-1-2-4-14(13)20(16)24-28/h1-10,25-28H. The Bertz CT molecular complexity index is 1170. The van der Waals surface area contributed by atoms with Gasteiger partial charge in [-0.1, -0.05) is 36.4 Å². The molecule has 0 spiro atoms. The summed E-state index contributed by atoms with van der Waals surface area (Å²) in [4.78, 5) is 0. The Morgan fingerprint density at radius 2 is 1.29 bits per heavy atom. The van der Waals surface area contributed by atoms with E-state index < -0.39 is 0 Å². The molecule has 0 aromatic heterocycles. The largest absolute Gasteiger partial charge is 0.429 e. The minimum atomic E-state index is 0.541. The fourth-order valence-corrected chi connectivity index (χ4v) is 3.98. The van der Waals surface area contributed by atoms with Crippen LogP contribution in [0.5, 0.6) is 23.0 Å². The van der Waals surface area contributed by atoms with Gasteiger partial charge in [0.1, 0.15) is 17.2 Å². The molecule has 0 aliphatic carbocycles. The smallest absolute Gasteiger partial charge is 0.153 e. The lowest BCUT2D eigenvalue weighted by Crippen LogP contribution is -1.93. The van der Waals surface area contributed by atoms with E-state index in [1.165, 1.54) is 0 Å². The van der Waals surface area contributed by atoms with E-state index in [0.717, 1.165) is 27.1 Å². The highest BCUT2D eigenvalue weighted by molar-refractivity contribution is 7.75. The Balaban J connectivity index is 2.17. The normalized spacial score (nSPS) is 10.9. The second-order valence-corrected chi connectivity index (χ2v) is 6.71. The van der Waals surface area contributed by atoms with Crippen LogP contribution in [0.4, 0.5) is 0 Å². The van der Waals surface area contributed by atoms with E-state index in [4.69, 9.17) is 16.7 Å². The quantitative estimate of drug-likeness (QED) is 0.207. The third-order valence-corrected chi connectivity index (χ3v) is 5.36. The second-order valence-electron chi connectivity index (χ2n) is 5.98. The average Bonchev–Trinajstić information content (AvgIpc) is 2.76. The van der Waals surface area contributed by atoms with E-state index in [0.29, 0.717) is 28.6 Å². The van der Waals surface area contributed by atoms with E-state index in [2.05, 4.69) is 51.6 Å². The van der Waals surface area contributed by atoms with Crippen molar-refractivity contribution in [1.82, 2.24) is 0 Å². The van der Waals surface area contributed by atoms with Crippen LogP contribution in [0.15, 0.2) is 60.7 Å². The van der Waals surface area contributed by atoms with Crippen molar-refractivity contribution in [1.29, 1.82) is 0 Å². The Labute approximate surface area is 184 Å². The molecule has 0 unspecified atom stereocenters. The van der Waals surface area contributed by atoms with E-state index >= 15 is 0 Å². The van der Waals surface area contributed by atoms with Crippen molar-refractivity contribution in [3.05, 3.63) is 60.7 Å². The van der Waals surface area contributed by atoms with Crippen molar-refractivity contribution < 1.29 is 16.7 Å². The SMILES string of the molecule is SOc1ccc2ccc(OS)c(-c3cc(OS)c4ccccc4c3OS)c2c1. The maximum atomic E-state index is 5.50. The summed E-state index contributed by atoms with van der Waals surface area (Å²) in [5.74, 6) is 2.27. The van der Waals surface area contributed by atoms with Gasteiger partial charge in [0.2, 0.25) is 0 Å². The summed E-state index contributed by atoms with van der Waals surface area (Å²) in [6, 6.07) is 18.9. The second kappa shape index (κ2) is 8.16. The summed E-state index contributed by atoms with van der Waals surface area (Å²) in [7, 11) is 0. The fourth-order valence-electron chi connectivity index (χ4n) is 3.36.